The second-order valence-electron chi connectivity index (χ2n) is 6.47. The van der Waals surface area contributed by atoms with Crippen LogP contribution in [0.5, 0.6) is 5.75 Å². The molecule has 1 aliphatic rings. The molecule has 0 bridgehead atoms. The van der Waals surface area contributed by atoms with Gasteiger partial charge in [-0.25, -0.2) is 4.98 Å². The third kappa shape index (κ3) is 3.15. The van der Waals surface area contributed by atoms with E-state index in [0.29, 0.717) is 24.2 Å². The molecule has 1 unspecified atom stereocenters. The van der Waals surface area contributed by atoms with Gasteiger partial charge in [-0.3, -0.25) is 4.79 Å². The number of nitrogens with zero attached hydrogens (tertiary/aromatic N) is 3. The van der Waals surface area contributed by atoms with Crippen molar-refractivity contribution in [2.24, 2.45) is 0 Å². The fourth-order valence-electron chi connectivity index (χ4n) is 3.50. The third-order valence-electron chi connectivity index (χ3n) is 4.86. The highest BCUT2D eigenvalue weighted by molar-refractivity contribution is 5.94. The van der Waals surface area contributed by atoms with Gasteiger partial charge in [0.15, 0.2) is 0 Å². The van der Waals surface area contributed by atoms with Crippen molar-refractivity contribution in [3.8, 4) is 11.8 Å². The highest BCUT2D eigenvalue weighted by atomic mass is 16.5. The molecule has 1 aromatic heterocycles. The summed E-state index contributed by atoms with van der Waals surface area (Å²) < 4.78 is 5.34. The first-order chi connectivity index (χ1) is 13.2. The number of amides is 1. The Morgan fingerprint density at radius 3 is 2.96 bits per heavy atom. The molecule has 0 saturated heterocycles. The Labute approximate surface area is 157 Å². The van der Waals surface area contributed by atoms with Crippen LogP contribution in [0.3, 0.4) is 0 Å². The van der Waals surface area contributed by atoms with Crippen molar-refractivity contribution in [1.29, 1.82) is 5.26 Å². The molecule has 1 atom stereocenters. The van der Waals surface area contributed by atoms with E-state index in [4.69, 9.17) is 10.00 Å². The molecule has 1 amide bonds. The molecule has 134 valence electrons. The number of benzene rings is 2. The molecule has 1 N–H and O–H groups in total. The van der Waals surface area contributed by atoms with Crippen molar-refractivity contribution in [2.45, 2.75) is 12.5 Å². The number of hydrogen-bond acceptors (Lipinski definition) is 4. The lowest BCUT2D eigenvalue weighted by Crippen LogP contribution is -2.38. The number of H-pyrrole nitrogens is 1. The lowest BCUT2D eigenvalue weighted by Gasteiger charge is -2.32. The maximum atomic E-state index is 13.1. The van der Waals surface area contributed by atoms with Crippen molar-refractivity contribution in [1.82, 2.24) is 14.9 Å². The molecule has 1 aliphatic heterocycles. The van der Waals surface area contributed by atoms with Crippen molar-refractivity contribution in [3.63, 3.8) is 0 Å². The van der Waals surface area contributed by atoms with E-state index in [9.17, 15) is 4.79 Å². The van der Waals surface area contributed by atoms with Gasteiger partial charge in [0.1, 0.15) is 5.75 Å². The summed E-state index contributed by atoms with van der Waals surface area (Å²) >= 11 is 0. The zero-order chi connectivity index (χ0) is 18.8. The molecule has 4 rings (SSSR count). The summed E-state index contributed by atoms with van der Waals surface area (Å²) in [4.78, 5) is 22.5. The predicted molar refractivity (Wildman–Crippen MR) is 99.3 cm³/mol. The van der Waals surface area contributed by atoms with E-state index in [-0.39, 0.29) is 11.8 Å². The van der Waals surface area contributed by atoms with Gasteiger partial charge in [0.05, 0.1) is 43.0 Å². The molecule has 6 nitrogen and oxygen atoms in total. The lowest BCUT2D eigenvalue weighted by molar-refractivity contribution is 0.0722. The molecule has 0 spiro atoms. The van der Waals surface area contributed by atoms with Gasteiger partial charge < -0.3 is 14.6 Å². The highest BCUT2D eigenvalue weighted by Crippen LogP contribution is 2.33. The maximum absolute atomic E-state index is 13.1. The van der Waals surface area contributed by atoms with Crippen LogP contribution in [0.15, 0.2) is 54.9 Å². The fraction of sp³-hybridized carbons (Fsp3) is 0.190. The fourth-order valence-corrected chi connectivity index (χ4v) is 3.50. The van der Waals surface area contributed by atoms with E-state index in [0.717, 1.165) is 22.7 Å². The van der Waals surface area contributed by atoms with E-state index in [1.807, 2.05) is 24.3 Å². The average Bonchev–Trinajstić information content (AvgIpc) is 3.21. The Balaban J connectivity index is 1.69. The molecule has 3 aromatic rings. The maximum Gasteiger partial charge on any atom is 0.254 e. The molecule has 27 heavy (non-hydrogen) atoms. The monoisotopic (exact) mass is 358 g/mol. The van der Waals surface area contributed by atoms with Crippen LogP contribution in [0.2, 0.25) is 0 Å². The highest BCUT2D eigenvalue weighted by Gasteiger charge is 2.32. The lowest BCUT2D eigenvalue weighted by atomic mass is 9.90. The predicted octanol–water partition coefficient (Wildman–Crippen LogP) is 3.08. The van der Waals surface area contributed by atoms with Gasteiger partial charge in [0.25, 0.3) is 5.91 Å². The number of fused-ring (bicyclic) bond motifs is 1. The van der Waals surface area contributed by atoms with Crippen LogP contribution in [0.25, 0.3) is 0 Å². The number of nitriles is 1. The number of hydrogen-bond donors (Lipinski definition) is 1. The van der Waals surface area contributed by atoms with Crippen LogP contribution < -0.4 is 4.74 Å². The first-order valence-electron chi connectivity index (χ1n) is 8.65. The smallest absolute Gasteiger partial charge is 0.254 e. The Morgan fingerprint density at radius 1 is 1.30 bits per heavy atom. The number of carbonyl (C=O) groups excluding carboxylic acids is 1. The Bertz CT molecular complexity index is 1030. The zero-order valence-corrected chi connectivity index (χ0v) is 14.8. The quantitative estimate of drug-likeness (QED) is 0.780. The second-order valence-corrected chi connectivity index (χ2v) is 6.47. The molecule has 0 saturated carbocycles. The standard InChI is InChI=1S/C21H18N4O2/c1-27-17-7-3-5-15(9-17)18-11-25(12-19-20(18)24-13-23-19)21(26)16-6-2-4-14(8-16)10-22/h2-9,13,18H,11-12H2,1H3,(H,23,24). The van der Waals surface area contributed by atoms with Crippen molar-refractivity contribution in [2.75, 3.05) is 13.7 Å². The summed E-state index contributed by atoms with van der Waals surface area (Å²) in [5.41, 5.74) is 3.92. The molecular weight excluding hydrogens is 340 g/mol. The minimum Gasteiger partial charge on any atom is -0.497 e. The molecular formula is C21H18N4O2. The van der Waals surface area contributed by atoms with Gasteiger partial charge >= 0.3 is 0 Å². The average molecular weight is 358 g/mol. The third-order valence-corrected chi connectivity index (χ3v) is 4.86. The molecule has 6 heteroatoms. The number of rotatable bonds is 3. The molecule has 2 heterocycles. The van der Waals surface area contributed by atoms with Gasteiger partial charge in [-0.1, -0.05) is 18.2 Å². The van der Waals surface area contributed by atoms with Crippen molar-refractivity contribution < 1.29 is 9.53 Å². The van der Waals surface area contributed by atoms with Gasteiger partial charge in [-0.2, -0.15) is 5.26 Å². The SMILES string of the molecule is COc1cccc(C2CN(C(=O)c3cccc(C#N)c3)Cc3[nH]cnc32)c1. The molecule has 0 radical (unpaired) electrons. The normalized spacial score (nSPS) is 15.7. The van der Waals surface area contributed by atoms with Gasteiger partial charge in [-0.15, -0.1) is 0 Å². The number of aromatic nitrogens is 2. The van der Waals surface area contributed by atoms with E-state index in [2.05, 4.69) is 16.0 Å². The second kappa shape index (κ2) is 6.96. The van der Waals surface area contributed by atoms with Gasteiger partial charge in [-0.05, 0) is 35.9 Å². The number of ether oxygens (including phenoxy) is 1. The van der Waals surface area contributed by atoms with Crippen LogP contribution in [-0.2, 0) is 6.54 Å². The van der Waals surface area contributed by atoms with Gasteiger partial charge in [0, 0.05) is 18.0 Å². The Morgan fingerprint density at radius 2 is 2.15 bits per heavy atom. The summed E-state index contributed by atoms with van der Waals surface area (Å²) in [5, 5.41) is 9.10. The molecule has 0 fully saturated rings. The van der Waals surface area contributed by atoms with Gasteiger partial charge in [0.2, 0.25) is 0 Å². The molecule has 0 aliphatic carbocycles. The minimum absolute atomic E-state index is 0.0433. The summed E-state index contributed by atoms with van der Waals surface area (Å²) in [6, 6.07) is 16.7. The largest absolute Gasteiger partial charge is 0.497 e. The van der Waals surface area contributed by atoms with E-state index < -0.39 is 0 Å². The number of methoxy groups -OCH3 is 1. The topological polar surface area (TPSA) is 82.0 Å². The van der Waals surface area contributed by atoms with Crippen LogP contribution in [0.4, 0.5) is 0 Å². The molecule has 2 aromatic carbocycles. The van der Waals surface area contributed by atoms with Crippen LogP contribution in [0.1, 0.15) is 38.8 Å². The van der Waals surface area contributed by atoms with Crippen LogP contribution in [-0.4, -0.2) is 34.4 Å². The number of aromatic amines is 1. The van der Waals surface area contributed by atoms with E-state index in [1.165, 1.54) is 0 Å². The summed E-state index contributed by atoms with van der Waals surface area (Å²) in [7, 11) is 1.64. The van der Waals surface area contributed by atoms with E-state index in [1.54, 1.807) is 42.6 Å². The number of carbonyl (C=O) groups is 1. The van der Waals surface area contributed by atoms with Crippen molar-refractivity contribution in [3.05, 3.63) is 82.9 Å². The summed E-state index contributed by atoms with van der Waals surface area (Å²) in [6.45, 7) is 0.978. The van der Waals surface area contributed by atoms with Crippen LogP contribution in [0, 0.1) is 11.3 Å². The Kier molecular flexibility index (Phi) is 4.35. The number of imidazole rings is 1. The minimum atomic E-state index is -0.0970. The van der Waals surface area contributed by atoms with Crippen LogP contribution >= 0.6 is 0 Å². The zero-order valence-electron chi connectivity index (χ0n) is 14.8. The van der Waals surface area contributed by atoms with E-state index >= 15 is 0 Å². The first-order valence-corrected chi connectivity index (χ1v) is 8.65. The first kappa shape index (κ1) is 16.9. The summed E-state index contributed by atoms with van der Waals surface area (Å²) in [5.74, 6) is 0.633. The number of nitrogens with one attached hydrogen (secondary N) is 1. The van der Waals surface area contributed by atoms with Crippen molar-refractivity contribution >= 4 is 5.91 Å². The summed E-state index contributed by atoms with van der Waals surface area (Å²) in [6.07, 6.45) is 1.67. The Hall–Kier alpha value is -3.59.